The maximum absolute atomic E-state index is 14.0. The van der Waals surface area contributed by atoms with E-state index in [0.29, 0.717) is 21.7 Å². The topological polar surface area (TPSA) is 75.5 Å². The third-order valence-corrected chi connectivity index (χ3v) is 6.42. The molecule has 0 saturated carbocycles. The van der Waals surface area contributed by atoms with Crippen molar-refractivity contribution in [3.8, 4) is 39.7 Å². The molecule has 7 nitrogen and oxygen atoms in total. The maximum atomic E-state index is 14.0. The van der Waals surface area contributed by atoms with Crippen LogP contribution in [0.3, 0.4) is 0 Å². The number of aromatic nitrogens is 3. The molecule has 0 amide bonds. The van der Waals surface area contributed by atoms with Crippen LogP contribution in [0.2, 0.25) is 0 Å². The highest BCUT2D eigenvalue weighted by Crippen LogP contribution is 2.35. The molecule has 0 fully saturated rings. The Balaban J connectivity index is 1.39. The summed E-state index contributed by atoms with van der Waals surface area (Å²) >= 11 is 0. The Bertz CT molecular complexity index is 1680. The molecule has 3 aromatic carbocycles. The molecular formula is C32H26F3N3O4. The SMILES string of the molecule is CCOC(=O)c1cnn(-c2cccc(-c3ccccc3OCc3ccc(-c4ccc(OC)cc4)cc3)n2)c1C(F)(F)F. The van der Waals surface area contributed by atoms with Crippen LogP contribution in [0.4, 0.5) is 13.2 Å². The molecule has 5 aromatic rings. The molecule has 0 spiro atoms. The van der Waals surface area contributed by atoms with Gasteiger partial charge in [0.15, 0.2) is 11.5 Å². The summed E-state index contributed by atoms with van der Waals surface area (Å²) in [5.74, 6) is 0.0710. The number of halogens is 3. The van der Waals surface area contributed by atoms with Gasteiger partial charge in [-0.3, -0.25) is 0 Å². The number of pyridine rings is 1. The van der Waals surface area contributed by atoms with E-state index in [-0.39, 0.29) is 19.0 Å². The molecule has 10 heteroatoms. The van der Waals surface area contributed by atoms with E-state index >= 15 is 0 Å². The highest BCUT2D eigenvalue weighted by molar-refractivity contribution is 5.90. The lowest BCUT2D eigenvalue weighted by Gasteiger charge is -2.14. The van der Waals surface area contributed by atoms with E-state index in [2.05, 4.69) is 10.1 Å². The van der Waals surface area contributed by atoms with E-state index < -0.39 is 23.4 Å². The second-order valence-corrected chi connectivity index (χ2v) is 9.13. The fourth-order valence-corrected chi connectivity index (χ4v) is 4.39. The van der Waals surface area contributed by atoms with Gasteiger partial charge in [0.05, 0.1) is 25.6 Å². The monoisotopic (exact) mass is 573 g/mol. The summed E-state index contributed by atoms with van der Waals surface area (Å²) in [5, 5.41) is 3.82. The van der Waals surface area contributed by atoms with Crippen LogP contribution in [0.15, 0.2) is 97.2 Å². The van der Waals surface area contributed by atoms with Crippen molar-refractivity contribution in [2.45, 2.75) is 19.7 Å². The minimum atomic E-state index is -4.87. The zero-order chi connectivity index (χ0) is 29.7. The summed E-state index contributed by atoms with van der Waals surface area (Å²) in [6, 6.07) is 27.5. The van der Waals surface area contributed by atoms with Gasteiger partial charge in [0, 0.05) is 5.56 Å². The van der Waals surface area contributed by atoms with E-state index in [4.69, 9.17) is 14.2 Å². The number of carbonyl (C=O) groups excluding carboxylic acids is 1. The van der Waals surface area contributed by atoms with Crippen LogP contribution in [0, 0.1) is 0 Å². The van der Waals surface area contributed by atoms with Crippen molar-refractivity contribution in [1.29, 1.82) is 0 Å². The summed E-state index contributed by atoms with van der Waals surface area (Å²) in [5.41, 5.74) is 2.05. The highest BCUT2D eigenvalue weighted by Gasteiger charge is 2.41. The van der Waals surface area contributed by atoms with Gasteiger partial charge in [-0.2, -0.15) is 18.3 Å². The Morgan fingerprint density at radius 2 is 1.57 bits per heavy atom. The number of benzene rings is 3. The molecule has 0 atom stereocenters. The Hall–Kier alpha value is -5.12. The van der Waals surface area contributed by atoms with Gasteiger partial charge < -0.3 is 14.2 Å². The summed E-state index contributed by atoms with van der Waals surface area (Å²) in [6.45, 7) is 1.70. The third kappa shape index (κ3) is 6.12. The van der Waals surface area contributed by atoms with Crippen LogP contribution in [0.25, 0.3) is 28.2 Å². The zero-order valence-electron chi connectivity index (χ0n) is 22.8. The Morgan fingerprint density at radius 3 is 2.24 bits per heavy atom. The quantitative estimate of drug-likeness (QED) is 0.171. The lowest BCUT2D eigenvalue weighted by molar-refractivity contribution is -0.143. The van der Waals surface area contributed by atoms with Crippen LogP contribution < -0.4 is 9.47 Å². The van der Waals surface area contributed by atoms with Crippen molar-refractivity contribution in [3.05, 3.63) is 114 Å². The van der Waals surface area contributed by atoms with Crippen molar-refractivity contribution in [2.75, 3.05) is 13.7 Å². The standard InChI is InChI=1S/C32H26F3N3O4/c1-3-41-31(39)26-19-36-38(30(26)32(33,34)35)29-10-6-8-27(37-29)25-7-4-5-9-28(25)42-20-21-11-13-22(14-12-21)23-15-17-24(40-2)18-16-23/h4-19H,3,20H2,1-2H3. The molecule has 0 bridgehead atoms. The van der Waals surface area contributed by atoms with Crippen LogP contribution in [0.5, 0.6) is 11.5 Å². The first-order valence-electron chi connectivity index (χ1n) is 13.0. The molecule has 0 N–H and O–H groups in total. The second-order valence-electron chi connectivity index (χ2n) is 9.13. The van der Waals surface area contributed by atoms with E-state index in [9.17, 15) is 18.0 Å². The van der Waals surface area contributed by atoms with Gasteiger partial charge in [-0.15, -0.1) is 0 Å². The zero-order valence-corrected chi connectivity index (χ0v) is 22.8. The summed E-state index contributed by atoms with van der Waals surface area (Å²) in [7, 11) is 1.63. The molecule has 42 heavy (non-hydrogen) atoms. The average molecular weight is 574 g/mol. The molecule has 0 unspecified atom stereocenters. The van der Waals surface area contributed by atoms with Gasteiger partial charge in [-0.25, -0.2) is 14.5 Å². The smallest absolute Gasteiger partial charge is 0.434 e. The minimum Gasteiger partial charge on any atom is -0.497 e. The van der Waals surface area contributed by atoms with Gasteiger partial charge in [-0.05, 0) is 60.0 Å². The van der Waals surface area contributed by atoms with Crippen LogP contribution in [-0.2, 0) is 17.5 Å². The first kappa shape index (κ1) is 28.4. The number of hydrogen-bond donors (Lipinski definition) is 0. The number of hydrogen-bond acceptors (Lipinski definition) is 6. The van der Waals surface area contributed by atoms with Crippen molar-refractivity contribution in [2.24, 2.45) is 0 Å². The van der Waals surface area contributed by atoms with Crippen molar-refractivity contribution in [1.82, 2.24) is 14.8 Å². The maximum Gasteiger partial charge on any atom is 0.434 e. The van der Waals surface area contributed by atoms with E-state index in [0.717, 1.165) is 28.6 Å². The highest BCUT2D eigenvalue weighted by atomic mass is 19.4. The van der Waals surface area contributed by atoms with Crippen LogP contribution >= 0.6 is 0 Å². The van der Waals surface area contributed by atoms with Crippen molar-refractivity contribution in [3.63, 3.8) is 0 Å². The molecule has 0 aliphatic carbocycles. The molecule has 214 valence electrons. The van der Waals surface area contributed by atoms with E-state index in [1.807, 2.05) is 48.5 Å². The third-order valence-electron chi connectivity index (χ3n) is 6.42. The molecule has 0 saturated heterocycles. The van der Waals surface area contributed by atoms with E-state index in [1.165, 1.54) is 13.0 Å². The predicted molar refractivity (Wildman–Crippen MR) is 151 cm³/mol. The molecule has 0 radical (unpaired) electrons. The van der Waals surface area contributed by atoms with Crippen LogP contribution in [0.1, 0.15) is 28.5 Å². The van der Waals surface area contributed by atoms with E-state index in [1.54, 1.807) is 43.5 Å². The van der Waals surface area contributed by atoms with Crippen LogP contribution in [-0.4, -0.2) is 34.5 Å². The number of rotatable bonds is 9. The first-order chi connectivity index (χ1) is 20.3. The number of carbonyl (C=O) groups is 1. The Morgan fingerprint density at radius 1 is 0.881 bits per heavy atom. The Labute approximate surface area is 240 Å². The lowest BCUT2D eigenvalue weighted by atomic mass is 10.0. The average Bonchev–Trinajstić information content (AvgIpc) is 3.47. The molecule has 0 aliphatic rings. The van der Waals surface area contributed by atoms with Crippen molar-refractivity contribution < 1.29 is 32.2 Å². The fourth-order valence-electron chi connectivity index (χ4n) is 4.39. The van der Waals surface area contributed by atoms with Gasteiger partial charge in [0.2, 0.25) is 0 Å². The molecular weight excluding hydrogens is 547 g/mol. The molecule has 0 aliphatic heterocycles. The fraction of sp³-hybridized carbons (Fsp3) is 0.156. The van der Waals surface area contributed by atoms with Gasteiger partial charge in [0.25, 0.3) is 0 Å². The number of alkyl halides is 3. The summed E-state index contributed by atoms with van der Waals surface area (Å²) in [6.07, 6.45) is -4.04. The number of para-hydroxylation sites is 1. The normalized spacial score (nSPS) is 11.3. The molecule has 2 heterocycles. The Kier molecular flexibility index (Phi) is 8.24. The molecule has 2 aromatic heterocycles. The van der Waals surface area contributed by atoms with Crippen molar-refractivity contribution >= 4 is 5.97 Å². The predicted octanol–water partition coefficient (Wildman–Crippen LogP) is 7.38. The van der Waals surface area contributed by atoms with Gasteiger partial charge in [0.1, 0.15) is 23.7 Å². The lowest BCUT2D eigenvalue weighted by Crippen LogP contribution is -2.19. The summed E-state index contributed by atoms with van der Waals surface area (Å²) in [4.78, 5) is 16.6. The number of methoxy groups -OCH3 is 1. The minimum absolute atomic E-state index is 0.0708. The second kappa shape index (κ2) is 12.2. The first-order valence-corrected chi connectivity index (χ1v) is 13.0. The van der Waals surface area contributed by atoms with Gasteiger partial charge >= 0.3 is 12.1 Å². The summed E-state index contributed by atoms with van der Waals surface area (Å²) < 4.78 is 58.8. The molecule has 5 rings (SSSR count). The van der Waals surface area contributed by atoms with Gasteiger partial charge in [-0.1, -0.05) is 54.6 Å². The largest absolute Gasteiger partial charge is 0.497 e. The number of nitrogens with zero attached hydrogens (tertiary/aromatic N) is 3. The number of esters is 1. The number of ether oxygens (including phenoxy) is 3.